The monoisotopic (exact) mass is 334 g/mol. The topological polar surface area (TPSA) is 0 Å². The zero-order valence-corrected chi connectivity index (χ0v) is 15.8. The van der Waals surface area contributed by atoms with E-state index < -0.39 is 0 Å². The number of benzene rings is 4. The van der Waals surface area contributed by atoms with Crippen molar-refractivity contribution in [3.63, 3.8) is 0 Å². The van der Waals surface area contributed by atoms with E-state index in [4.69, 9.17) is 0 Å². The van der Waals surface area contributed by atoms with Gasteiger partial charge in [-0.2, -0.15) is 0 Å². The molecule has 0 saturated carbocycles. The summed E-state index contributed by atoms with van der Waals surface area (Å²) in [7, 11) is 0. The summed E-state index contributed by atoms with van der Waals surface area (Å²) < 4.78 is 0. The predicted octanol–water partition coefficient (Wildman–Crippen LogP) is 7.65. The minimum atomic E-state index is 1.31. The Hall–Kier alpha value is -2.86. The van der Waals surface area contributed by atoms with Gasteiger partial charge in [0.15, 0.2) is 0 Å². The average Bonchev–Trinajstić information content (AvgIpc) is 2.85. The molecule has 0 aromatic heterocycles. The van der Waals surface area contributed by atoms with Crippen LogP contribution in [0.3, 0.4) is 0 Å². The molecule has 0 heterocycles. The number of allylic oxidation sites excluding steroid dienone is 5. The van der Waals surface area contributed by atoms with Gasteiger partial charge >= 0.3 is 0 Å². The third-order valence-corrected chi connectivity index (χ3v) is 6.36. The smallest absolute Gasteiger partial charge is 0.00208 e. The van der Waals surface area contributed by atoms with Gasteiger partial charge in [-0.3, -0.25) is 0 Å². The average molecular weight is 334 g/mol. The summed E-state index contributed by atoms with van der Waals surface area (Å²) in [5, 5.41) is 8.10. The summed E-state index contributed by atoms with van der Waals surface area (Å²) >= 11 is 0. The molecular formula is C26H22. The fourth-order valence-corrected chi connectivity index (χ4v) is 4.50. The van der Waals surface area contributed by atoms with Gasteiger partial charge in [0.05, 0.1) is 0 Å². The predicted molar refractivity (Wildman–Crippen MR) is 115 cm³/mol. The highest BCUT2D eigenvalue weighted by Crippen LogP contribution is 2.40. The summed E-state index contributed by atoms with van der Waals surface area (Å²) in [5.41, 5.74) is 8.36. The first-order valence-corrected chi connectivity index (χ1v) is 9.30. The standard InChI is InChI=1S/C26H22/c1-15-16(2)18(4)24(17(15)3)14-22-11-10-21-9-8-19-6-5-7-20-12-13-23(22)26(21)25(19)20/h5-14H,1-4H3. The number of hydrogen-bond donors (Lipinski definition) is 0. The Morgan fingerprint density at radius 2 is 1.08 bits per heavy atom. The summed E-state index contributed by atoms with van der Waals surface area (Å²) in [5.74, 6) is 0. The zero-order chi connectivity index (χ0) is 18.0. The van der Waals surface area contributed by atoms with E-state index >= 15 is 0 Å². The van der Waals surface area contributed by atoms with Crippen LogP contribution in [0.15, 0.2) is 82.5 Å². The van der Waals surface area contributed by atoms with Crippen LogP contribution < -0.4 is 0 Å². The maximum absolute atomic E-state index is 2.39. The van der Waals surface area contributed by atoms with Crippen LogP contribution >= 0.6 is 0 Å². The van der Waals surface area contributed by atoms with Gasteiger partial charge in [0.1, 0.15) is 0 Å². The first-order chi connectivity index (χ1) is 12.6. The van der Waals surface area contributed by atoms with Gasteiger partial charge in [-0.25, -0.2) is 0 Å². The van der Waals surface area contributed by atoms with Crippen LogP contribution in [0, 0.1) is 0 Å². The van der Waals surface area contributed by atoms with Crippen LogP contribution in [0.2, 0.25) is 0 Å². The van der Waals surface area contributed by atoms with E-state index in [2.05, 4.69) is 88.4 Å². The molecule has 0 atom stereocenters. The first-order valence-electron chi connectivity index (χ1n) is 9.30. The Balaban J connectivity index is 1.87. The Labute approximate surface area is 154 Å². The van der Waals surface area contributed by atoms with Gasteiger partial charge in [0, 0.05) is 0 Å². The van der Waals surface area contributed by atoms with Crippen molar-refractivity contribution in [2.45, 2.75) is 27.7 Å². The molecule has 0 heteroatoms. The molecule has 1 aliphatic rings. The summed E-state index contributed by atoms with van der Waals surface area (Å²) in [6.45, 7) is 8.96. The highest BCUT2D eigenvalue weighted by Gasteiger charge is 2.18. The summed E-state index contributed by atoms with van der Waals surface area (Å²) in [6.07, 6.45) is 2.39. The maximum Gasteiger partial charge on any atom is -0.00208 e. The molecule has 126 valence electrons. The molecule has 0 unspecified atom stereocenters. The normalized spacial score (nSPS) is 15.3. The fourth-order valence-electron chi connectivity index (χ4n) is 4.50. The molecule has 26 heavy (non-hydrogen) atoms. The zero-order valence-electron chi connectivity index (χ0n) is 15.8. The van der Waals surface area contributed by atoms with Gasteiger partial charge in [-0.15, -0.1) is 0 Å². The van der Waals surface area contributed by atoms with Crippen LogP contribution in [0.4, 0.5) is 0 Å². The minimum absolute atomic E-state index is 1.31. The Kier molecular flexibility index (Phi) is 3.15. The Morgan fingerprint density at radius 3 is 1.73 bits per heavy atom. The second kappa shape index (κ2) is 5.32. The molecule has 0 spiro atoms. The van der Waals surface area contributed by atoms with Crippen LogP contribution in [0.25, 0.3) is 38.4 Å². The SMILES string of the molecule is CC1=C(C)C(C)=C(C)C1=Cc1ccc2ccc3cccc4ccc1c2c34. The minimum Gasteiger partial charge on any atom is -0.0610 e. The van der Waals surface area contributed by atoms with Crippen molar-refractivity contribution < 1.29 is 0 Å². The van der Waals surface area contributed by atoms with Crippen LogP contribution in [0.5, 0.6) is 0 Å². The van der Waals surface area contributed by atoms with Crippen molar-refractivity contribution in [2.75, 3.05) is 0 Å². The molecular weight excluding hydrogens is 312 g/mol. The largest absolute Gasteiger partial charge is 0.0610 e. The molecule has 0 fully saturated rings. The van der Waals surface area contributed by atoms with Crippen molar-refractivity contribution in [3.05, 3.63) is 88.0 Å². The van der Waals surface area contributed by atoms with Gasteiger partial charge in [0.2, 0.25) is 0 Å². The molecule has 0 nitrogen and oxygen atoms in total. The molecule has 4 aromatic rings. The van der Waals surface area contributed by atoms with Crippen LogP contribution in [-0.4, -0.2) is 0 Å². The molecule has 0 radical (unpaired) electrons. The first kappa shape index (κ1) is 15.4. The van der Waals surface area contributed by atoms with Crippen LogP contribution in [-0.2, 0) is 0 Å². The fraction of sp³-hybridized carbons (Fsp3) is 0.154. The highest BCUT2D eigenvalue weighted by atomic mass is 14.2. The van der Waals surface area contributed by atoms with Gasteiger partial charge in [-0.05, 0) is 99.5 Å². The molecule has 0 N–H and O–H groups in total. The Morgan fingerprint density at radius 1 is 0.538 bits per heavy atom. The molecule has 4 aromatic carbocycles. The van der Waals surface area contributed by atoms with Crippen molar-refractivity contribution in [3.8, 4) is 0 Å². The lowest BCUT2D eigenvalue weighted by Crippen LogP contribution is -1.88. The lowest BCUT2D eigenvalue weighted by Gasteiger charge is -2.13. The molecule has 0 amide bonds. The Bertz CT molecular complexity index is 1250. The van der Waals surface area contributed by atoms with Gasteiger partial charge in [0.25, 0.3) is 0 Å². The highest BCUT2D eigenvalue weighted by molar-refractivity contribution is 6.24. The number of hydrogen-bond acceptors (Lipinski definition) is 0. The molecule has 0 aliphatic heterocycles. The van der Waals surface area contributed by atoms with Gasteiger partial charge < -0.3 is 0 Å². The second-order valence-corrected chi connectivity index (χ2v) is 7.57. The second-order valence-electron chi connectivity index (χ2n) is 7.57. The van der Waals surface area contributed by atoms with E-state index in [1.54, 1.807) is 0 Å². The quantitative estimate of drug-likeness (QED) is 0.313. The van der Waals surface area contributed by atoms with Crippen molar-refractivity contribution >= 4 is 38.4 Å². The third kappa shape index (κ3) is 1.96. The summed E-state index contributed by atoms with van der Waals surface area (Å²) in [6, 6.07) is 20.2. The lowest BCUT2D eigenvalue weighted by atomic mass is 9.90. The van der Waals surface area contributed by atoms with E-state index in [9.17, 15) is 0 Å². The molecule has 0 bridgehead atoms. The van der Waals surface area contributed by atoms with E-state index in [1.807, 2.05) is 0 Å². The van der Waals surface area contributed by atoms with Crippen molar-refractivity contribution in [1.82, 2.24) is 0 Å². The van der Waals surface area contributed by atoms with Crippen LogP contribution in [0.1, 0.15) is 33.3 Å². The van der Waals surface area contributed by atoms with Gasteiger partial charge in [-0.1, -0.05) is 54.6 Å². The lowest BCUT2D eigenvalue weighted by molar-refractivity contribution is 1.31. The molecule has 5 rings (SSSR count). The number of rotatable bonds is 1. The van der Waals surface area contributed by atoms with Crippen molar-refractivity contribution in [2.24, 2.45) is 0 Å². The summed E-state index contributed by atoms with van der Waals surface area (Å²) in [4.78, 5) is 0. The van der Waals surface area contributed by atoms with E-state index in [1.165, 1.54) is 65.7 Å². The maximum atomic E-state index is 2.39. The van der Waals surface area contributed by atoms with Crippen molar-refractivity contribution in [1.29, 1.82) is 0 Å². The molecule has 0 saturated heterocycles. The third-order valence-electron chi connectivity index (χ3n) is 6.36. The van der Waals surface area contributed by atoms with E-state index in [0.29, 0.717) is 0 Å². The van der Waals surface area contributed by atoms with E-state index in [-0.39, 0.29) is 0 Å². The molecule has 1 aliphatic carbocycles. The van der Waals surface area contributed by atoms with E-state index in [0.717, 1.165) is 0 Å².